The number of H-pyrrole nitrogens is 2. The SMILES string of the molecule is CS(=O)(=O)c1c(C2C[C@H]3CC[C@@H](C2)N3C(=O)c2ccn[nH]2)nc2c(-c3cn[nH]c3)cnn2c1N. The molecule has 4 N–H and O–H groups in total. The number of aromatic amines is 2. The zero-order valence-corrected chi connectivity index (χ0v) is 19.2. The summed E-state index contributed by atoms with van der Waals surface area (Å²) in [5.41, 5.74) is 9.25. The summed E-state index contributed by atoms with van der Waals surface area (Å²) in [6, 6.07) is 1.65. The number of nitrogens with one attached hydrogen (secondary N) is 2. The van der Waals surface area contributed by atoms with Crippen molar-refractivity contribution in [2.75, 3.05) is 12.0 Å². The molecule has 0 aliphatic carbocycles. The first kappa shape index (κ1) is 20.8. The maximum absolute atomic E-state index is 13.1. The third-order valence-corrected chi connectivity index (χ3v) is 8.09. The van der Waals surface area contributed by atoms with E-state index in [1.165, 1.54) is 4.52 Å². The lowest BCUT2D eigenvalue weighted by Crippen LogP contribution is -2.46. The number of nitrogens with zero attached hydrogens (tertiary/aromatic N) is 6. The first-order valence-corrected chi connectivity index (χ1v) is 12.9. The second kappa shape index (κ2) is 7.38. The molecule has 0 aromatic carbocycles. The fourth-order valence-corrected chi connectivity index (χ4v) is 6.58. The molecule has 0 saturated carbocycles. The van der Waals surface area contributed by atoms with Crippen LogP contribution in [0.1, 0.15) is 47.8 Å². The fraction of sp³-hybridized carbons (Fsp3) is 0.381. The summed E-state index contributed by atoms with van der Waals surface area (Å²) in [7, 11) is -3.69. The monoisotopic (exact) mass is 481 g/mol. The van der Waals surface area contributed by atoms with E-state index in [-0.39, 0.29) is 34.6 Å². The molecule has 4 aromatic rings. The van der Waals surface area contributed by atoms with E-state index >= 15 is 0 Å². The summed E-state index contributed by atoms with van der Waals surface area (Å²) in [4.78, 5) is 19.8. The van der Waals surface area contributed by atoms with Gasteiger partial charge in [0.05, 0.1) is 18.1 Å². The molecule has 3 atom stereocenters. The number of rotatable bonds is 4. The van der Waals surface area contributed by atoms with Crippen molar-refractivity contribution < 1.29 is 13.2 Å². The average Bonchev–Trinajstić information content (AvgIpc) is 3.58. The highest BCUT2D eigenvalue weighted by molar-refractivity contribution is 7.91. The molecular weight excluding hydrogens is 458 g/mol. The molecular formula is C21H23N9O3S. The van der Waals surface area contributed by atoms with Gasteiger partial charge in [-0.2, -0.15) is 19.8 Å². The van der Waals surface area contributed by atoms with Crippen molar-refractivity contribution in [3.63, 3.8) is 0 Å². The van der Waals surface area contributed by atoms with Gasteiger partial charge in [-0.05, 0) is 31.7 Å². The number of hydrogen-bond donors (Lipinski definition) is 3. The van der Waals surface area contributed by atoms with E-state index in [0.29, 0.717) is 35.4 Å². The van der Waals surface area contributed by atoms with Crippen molar-refractivity contribution in [1.82, 2.24) is 39.9 Å². The van der Waals surface area contributed by atoms with E-state index in [9.17, 15) is 13.2 Å². The van der Waals surface area contributed by atoms with Crippen LogP contribution in [-0.2, 0) is 9.84 Å². The predicted octanol–water partition coefficient (Wildman–Crippen LogP) is 1.38. The van der Waals surface area contributed by atoms with Gasteiger partial charge in [-0.3, -0.25) is 15.0 Å². The lowest BCUT2D eigenvalue weighted by Gasteiger charge is -2.39. The highest BCUT2D eigenvalue weighted by atomic mass is 32.2. The van der Waals surface area contributed by atoms with Crippen molar-refractivity contribution >= 4 is 27.2 Å². The number of carbonyl (C=O) groups excluding carboxylic acids is 1. The molecule has 1 unspecified atom stereocenters. The number of nitrogens with two attached hydrogens (primary N) is 1. The van der Waals surface area contributed by atoms with Gasteiger partial charge in [0.1, 0.15) is 16.4 Å². The second-order valence-corrected chi connectivity index (χ2v) is 11.0. The normalized spacial score (nSPS) is 22.5. The first-order valence-electron chi connectivity index (χ1n) is 11.0. The molecule has 6 rings (SSSR count). The van der Waals surface area contributed by atoms with Crippen LogP contribution >= 0.6 is 0 Å². The van der Waals surface area contributed by atoms with Gasteiger partial charge in [-0.15, -0.1) is 0 Å². The van der Waals surface area contributed by atoms with Crippen LogP contribution in [0.3, 0.4) is 0 Å². The molecule has 0 radical (unpaired) electrons. The Labute approximate surface area is 194 Å². The summed E-state index contributed by atoms with van der Waals surface area (Å²) in [5, 5.41) is 17.7. The van der Waals surface area contributed by atoms with Gasteiger partial charge in [-0.1, -0.05) is 0 Å². The Kier molecular flexibility index (Phi) is 4.52. The van der Waals surface area contributed by atoms with Crippen LogP contribution in [0.2, 0.25) is 0 Å². The first-order chi connectivity index (χ1) is 16.3. The molecule has 2 saturated heterocycles. The van der Waals surface area contributed by atoms with Crippen molar-refractivity contribution in [1.29, 1.82) is 0 Å². The molecule has 13 heteroatoms. The van der Waals surface area contributed by atoms with E-state index in [1.54, 1.807) is 30.9 Å². The third kappa shape index (κ3) is 3.10. The summed E-state index contributed by atoms with van der Waals surface area (Å²) in [6.45, 7) is 0. The molecule has 0 spiro atoms. The highest BCUT2D eigenvalue weighted by Crippen LogP contribution is 2.45. The van der Waals surface area contributed by atoms with E-state index in [1.807, 2.05) is 4.90 Å². The quantitative estimate of drug-likeness (QED) is 0.393. The Hall–Kier alpha value is -3.74. The number of fused-ring (bicyclic) bond motifs is 3. The standard InChI is InChI=1S/C21H23N9O3S/c1-34(32,33)18-17(27-20-15(12-8-24-25-9-12)10-26-30(20)19(18)22)11-6-13-2-3-14(7-11)29(13)21(31)16-4-5-23-28-16/h4-5,8-11,13-14H,2-3,6-7,22H2,1H3,(H,23,28)(H,24,25)/t11?,13-,14+. The summed E-state index contributed by atoms with van der Waals surface area (Å²) in [6.07, 6.45) is 10.6. The molecule has 2 aliphatic heterocycles. The maximum Gasteiger partial charge on any atom is 0.272 e. The van der Waals surface area contributed by atoms with E-state index < -0.39 is 9.84 Å². The molecule has 12 nitrogen and oxygen atoms in total. The zero-order chi connectivity index (χ0) is 23.6. The van der Waals surface area contributed by atoms with Gasteiger partial charge in [0.2, 0.25) is 0 Å². The number of hydrogen-bond acceptors (Lipinski definition) is 8. The summed E-state index contributed by atoms with van der Waals surface area (Å²) >= 11 is 0. The number of anilines is 1. The van der Waals surface area contributed by atoms with Gasteiger partial charge >= 0.3 is 0 Å². The Morgan fingerprint density at radius 1 is 1.18 bits per heavy atom. The van der Waals surface area contributed by atoms with Crippen molar-refractivity contribution in [2.45, 2.75) is 48.6 Å². The minimum Gasteiger partial charge on any atom is -0.382 e. The van der Waals surface area contributed by atoms with Gasteiger partial charge in [0.25, 0.3) is 5.91 Å². The van der Waals surface area contributed by atoms with Crippen LogP contribution in [0.5, 0.6) is 0 Å². The van der Waals surface area contributed by atoms with Gasteiger partial charge in [-0.25, -0.2) is 13.4 Å². The van der Waals surface area contributed by atoms with Gasteiger partial charge in [0.15, 0.2) is 15.5 Å². The Morgan fingerprint density at radius 2 is 1.94 bits per heavy atom. The minimum atomic E-state index is -3.69. The van der Waals surface area contributed by atoms with E-state index in [4.69, 9.17) is 10.7 Å². The summed E-state index contributed by atoms with van der Waals surface area (Å²) < 4.78 is 27.1. The number of aromatic nitrogens is 7. The second-order valence-electron chi connectivity index (χ2n) is 9.00. The average molecular weight is 482 g/mol. The zero-order valence-electron chi connectivity index (χ0n) is 18.3. The van der Waals surface area contributed by atoms with Crippen LogP contribution in [0.4, 0.5) is 5.82 Å². The number of nitrogen functional groups attached to an aromatic ring is 1. The molecule has 4 aromatic heterocycles. The van der Waals surface area contributed by atoms with E-state index in [0.717, 1.165) is 24.7 Å². The van der Waals surface area contributed by atoms with Gasteiger partial charge in [0, 0.05) is 47.8 Å². The minimum absolute atomic E-state index is 0.00975. The van der Waals surface area contributed by atoms with Crippen molar-refractivity contribution in [3.05, 3.63) is 42.2 Å². The molecule has 1 amide bonds. The topological polar surface area (TPSA) is 168 Å². The summed E-state index contributed by atoms with van der Waals surface area (Å²) in [5.74, 6) is -0.194. The number of piperidine rings is 1. The van der Waals surface area contributed by atoms with Gasteiger partial charge < -0.3 is 10.6 Å². The number of amides is 1. The molecule has 2 aliphatic rings. The fourth-order valence-electron chi connectivity index (χ4n) is 5.52. The molecule has 6 heterocycles. The maximum atomic E-state index is 13.1. The lowest BCUT2D eigenvalue weighted by atomic mass is 9.87. The lowest BCUT2D eigenvalue weighted by molar-refractivity contribution is 0.0562. The van der Waals surface area contributed by atoms with E-state index in [2.05, 4.69) is 25.5 Å². The number of carbonyl (C=O) groups is 1. The Balaban J connectivity index is 1.45. The van der Waals surface area contributed by atoms with Crippen molar-refractivity contribution in [2.24, 2.45) is 0 Å². The molecule has 2 fully saturated rings. The molecule has 2 bridgehead atoms. The Bertz CT molecular complexity index is 1480. The largest absolute Gasteiger partial charge is 0.382 e. The van der Waals surface area contributed by atoms with Crippen LogP contribution in [-0.4, -0.2) is 72.6 Å². The molecule has 176 valence electrons. The highest BCUT2D eigenvalue weighted by Gasteiger charge is 2.45. The van der Waals surface area contributed by atoms with Crippen LogP contribution in [0.25, 0.3) is 16.8 Å². The smallest absolute Gasteiger partial charge is 0.272 e. The predicted molar refractivity (Wildman–Crippen MR) is 122 cm³/mol. The van der Waals surface area contributed by atoms with Crippen molar-refractivity contribution in [3.8, 4) is 11.1 Å². The molecule has 34 heavy (non-hydrogen) atoms. The Morgan fingerprint density at radius 3 is 2.56 bits per heavy atom. The third-order valence-electron chi connectivity index (χ3n) is 6.93. The van der Waals surface area contributed by atoms with Crippen LogP contribution in [0.15, 0.2) is 35.7 Å². The van der Waals surface area contributed by atoms with Crippen LogP contribution in [0, 0.1) is 0 Å². The van der Waals surface area contributed by atoms with Crippen LogP contribution < -0.4 is 5.73 Å². The number of sulfone groups is 1.